The van der Waals surface area contributed by atoms with Crippen LogP contribution in [0.4, 0.5) is 0 Å². The van der Waals surface area contributed by atoms with Crippen molar-refractivity contribution >= 4 is 0 Å². The van der Waals surface area contributed by atoms with E-state index >= 15 is 0 Å². The van der Waals surface area contributed by atoms with E-state index in [1.54, 1.807) is 7.11 Å². The monoisotopic (exact) mass is 196 g/mol. The highest BCUT2D eigenvalue weighted by Crippen LogP contribution is 2.13. The van der Waals surface area contributed by atoms with Crippen LogP contribution in [0.15, 0.2) is 24.3 Å². The van der Waals surface area contributed by atoms with Gasteiger partial charge in [0.15, 0.2) is 6.79 Å². The minimum absolute atomic E-state index is 0.276. The Balaban J connectivity index is 2.50. The van der Waals surface area contributed by atoms with Gasteiger partial charge in [-0.15, -0.1) is 0 Å². The molecule has 3 heteroatoms. The van der Waals surface area contributed by atoms with Crippen LogP contribution in [0.3, 0.4) is 0 Å². The molecule has 0 heterocycles. The quantitative estimate of drug-likeness (QED) is 0.653. The summed E-state index contributed by atoms with van der Waals surface area (Å²) in [6.07, 6.45) is 0. The van der Waals surface area contributed by atoms with Crippen LogP contribution >= 0.6 is 0 Å². The van der Waals surface area contributed by atoms with Crippen LogP contribution in [0.25, 0.3) is 0 Å². The van der Waals surface area contributed by atoms with Crippen LogP contribution in [0, 0.1) is 0 Å². The molecular formula is C11H16O3. The number of hydrogen-bond donors (Lipinski definition) is 0. The second-order valence-electron chi connectivity index (χ2n) is 2.84. The van der Waals surface area contributed by atoms with Crippen LogP contribution in [0.5, 0.6) is 5.75 Å². The Hall–Kier alpha value is -1.06. The molecule has 14 heavy (non-hydrogen) atoms. The molecule has 3 nitrogen and oxygen atoms in total. The van der Waals surface area contributed by atoms with Gasteiger partial charge in [-0.1, -0.05) is 12.1 Å². The molecule has 0 amide bonds. The van der Waals surface area contributed by atoms with Gasteiger partial charge in [-0.05, 0) is 24.6 Å². The second kappa shape index (κ2) is 6.40. The zero-order valence-electron chi connectivity index (χ0n) is 8.66. The van der Waals surface area contributed by atoms with Gasteiger partial charge in [-0.2, -0.15) is 0 Å². The van der Waals surface area contributed by atoms with Crippen LogP contribution in [-0.2, 0) is 16.1 Å². The first kappa shape index (κ1) is 11.0. The molecule has 0 N–H and O–H groups in total. The van der Waals surface area contributed by atoms with E-state index in [2.05, 4.69) is 0 Å². The van der Waals surface area contributed by atoms with Gasteiger partial charge in [0, 0.05) is 13.7 Å². The highest BCUT2D eigenvalue weighted by Gasteiger charge is 1.96. The molecular weight excluding hydrogens is 180 g/mol. The van der Waals surface area contributed by atoms with E-state index in [4.69, 9.17) is 14.2 Å². The maximum Gasteiger partial charge on any atom is 0.188 e. The largest absolute Gasteiger partial charge is 0.468 e. The minimum atomic E-state index is 0.276. The summed E-state index contributed by atoms with van der Waals surface area (Å²) in [5, 5.41) is 0. The highest BCUT2D eigenvalue weighted by molar-refractivity contribution is 5.27. The van der Waals surface area contributed by atoms with E-state index in [1.165, 1.54) is 0 Å². The van der Waals surface area contributed by atoms with Gasteiger partial charge < -0.3 is 14.2 Å². The van der Waals surface area contributed by atoms with Gasteiger partial charge in [0.25, 0.3) is 0 Å². The Morgan fingerprint density at radius 2 is 2.14 bits per heavy atom. The van der Waals surface area contributed by atoms with Gasteiger partial charge in [-0.3, -0.25) is 0 Å². The lowest BCUT2D eigenvalue weighted by atomic mass is 10.2. The van der Waals surface area contributed by atoms with E-state index in [1.807, 2.05) is 31.2 Å². The highest BCUT2D eigenvalue weighted by atomic mass is 16.7. The molecule has 0 spiro atoms. The van der Waals surface area contributed by atoms with Crippen molar-refractivity contribution in [2.75, 3.05) is 20.5 Å². The summed E-state index contributed by atoms with van der Waals surface area (Å²) in [6.45, 7) is 3.60. The van der Waals surface area contributed by atoms with Crippen molar-refractivity contribution < 1.29 is 14.2 Å². The molecule has 0 aliphatic rings. The first-order valence-electron chi connectivity index (χ1n) is 4.65. The number of benzene rings is 1. The fraction of sp³-hybridized carbons (Fsp3) is 0.455. The normalized spacial score (nSPS) is 10.1. The predicted octanol–water partition coefficient (Wildman–Crippen LogP) is 2.21. The van der Waals surface area contributed by atoms with Crippen molar-refractivity contribution in [2.24, 2.45) is 0 Å². The first-order valence-corrected chi connectivity index (χ1v) is 4.65. The minimum Gasteiger partial charge on any atom is -0.468 e. The van der Waals surface area contributed by atoms with E-state index in [0.717, 1.165) is 17.9 Å². The second-order valence-corrected chi connectivity index (χ2v) is 2.84. The molecule has 0 bridgehead atoms. The van der Waals surface area contributed by atoms with E-state index < -0.39 is 0 Å². The third-order valence-electron chi connectivity index (χ3n) is 1.71. The molecule has 0 fully saturated rings. The van der Waals surface area contributed by atoms with Crippen molar-refractivity contribution in [3.05, 3.63) is 29.8 Å². The smallest absolute Gasteiger partial charge is 0.188 e. The topological polar surface area (TPSA) is 27.7 Å². The maximum absolute atomic E-state index is 5.30. The Kier molecular flexibility index (Phi) is 5.04. The lowest BCUT2D eigenvalue weighted by Gasteiger charge is -2.06. The van der Waals surface area contributed by atoms with Gasteiger partial charge >= 0.3 is 0 Å². The number of methoxy groups -OCH3 is 1. The van der Waals surface area contributed by atoms with Crippen molar-refractivity contribution in [1.29, 1.82) is 0 Å². The Labute approximate surface area is 84.6 Å². The lowest BCUT2D eigenvalue weighted by molar-refractivity contribution is 0.0508. The maximum atomic E-state index is 5.30. The third-order valence-corrected chi connectivity index (χ3v) is 1.71. The number of ether oxygens (including phenoxy) is 3. The molecule has 0 aromatic heterocycles. The van der Waals surface area contributed by atoms with Gasteiger partial charge in [0.05, 0.1) is 6.61 Å². The summed E-state index contributed by atoms with van der Waals surface area (Å²) in [7, 11) is 1.60. The average molecular weight is 196 g/mol. The van der Waals surface area contributed by atoms with Crippen molar-refractivity contribution in [1.82, 2.24) is 0 Å². The Bertz CT molecular complexity index is 237. The lowest BCUT2D eigenvalue weighted by Crippen LogP contribution is -1.99. The van der Waals surface area contributed by atoms with E-state index in [-0.39, 0.29) is 6.79 Å². The molecule has 1 aromatic carbocycles. The fourth-order valence-electron chi connectivity index (χ4n) is 1.07. The van der Waals surface area contributed by atoms with Crippen molar-refractivity contribution in [3.8, 4) is 5.75 Å². The standard InChI is InChI=1S/C11H16O3/c1-3-13-8-10-5-4-6-11(7-10)14-9-12-2/h4-7H,3,8-9H2,1-2H3. The van der Waals surface area contributed by atoms with Crippen LogP contribution in [0.2, 0.25) is 0 Å². The Morgan fingerprint density at radius 3 is 2.86 bits per heavy atom. The Morgan fingerprint density at radius 1 is 1.29 bits per heavy atom. The molecule has 78 valence electrons. The summed E-state index contributed by atoms with van der Waals surface area (Å²) in [5.41, 5.74) is 1.11. The zero-order valence-corrected chi connectivity index (χ0v) is 8.66. The summed E-state index contributed by atoms with van der Waals surface area (Å²) in [5.74, 6) is 0.809. The summed E-state index contributed by atoms with van der Waals surface area (Å²) in [4.78, 5) is 0. The molecule has 0 unspecified atom stereocenters. The molecule has 0 atom stereocenters. The van der Waals surface area contributed by atoms with Crippen molar-refractivity contribution in [3.63, 3.8) is 0 Å². The molecule has 1 aromatic rings. The van der Waals surface area contributed by atoms with E-state index in [0.29, 0.717) is 6.61 Å². The molecule has 0 saturated carbocycles. The predicted molar refractivity (Wildman–Crippen MR) is 54.3 cm³/mol. The molecule has 0 aliphatic carbocycles. The zero-order chi connectivity index (χ0) is 10.2. The summed E-state index contributed by atoms with van der Waals surface area (Å²) >= 11 is 0. The summed E-state index contributed by atoms with van der Waals surface area (Å²) < 4.78 is 15.4. The first-order chi connectivity index (χ1) is 6.86. The fourth-order valence-corrected chi connectivity index (χ4v) is 1.07. The van der Waals surface area contributed by atoms with Crippen molar-refractivity contribution in [2.45, 2.75) is 13.5 Å². The summed E-state index contributed by atoms with van der Waals surface area (Å²) in [6, 6.07) is 7.80. The number of rotatable bonds is 6. The molecule has 1 rings (SSSR count). The number of hydrogen-bond acceptors (Lipinski definition) is 3. The SMILES string of the molecule is CCOCc1cccc(OCOC)c1. The van der Waals surface area contributed by atoms with Gasteiger partial charge in [-0.25, -0.2) is 0 Å². The van der Waals surface area contributed by atoms with Crippen LogP contribution < -0.4 is 4.74 Å². The van der Waals surface area contributed by atoms with Crippen LogP contribution in [-0.4, -0.2) is 20.5 Å². The van der Waals surface area contributed by atoms with Crippen LogP contribution in [0.1, 0.15) is 12.5 Å². The third kappa shape index (κ3) is 3.77. The molecule has 0 aliphatic heterocycles. The molecule has 0 radical (unpaired) electrons. The van der Waals surface area contributed by atoms with Gasteiger partial charge in [0.2, 0.25) is 0 Å². The average Bonchev–Trinajstić information content (AvgIpc) is 2.24. The van der Waals surface area contributed by atoms with E-state index in [9.17, 15) is 0 Å². The molecule has 0 saturated heterocycles. The van der Waals surface area contributed by atoms with Gasteiger partial charge in [0.1, 0.15) is 5.75 Å².